The summed E-state index contributed by atoms with van der Waals surface area (Å²) in [5.74, 6) is 0. The molecule has 0 aromatic carbocycles. The molecule has 1 unspecified atom stereocenters. The highest BCUT2D eigenvalue weighted by molar-refractivity contribution is 5.44. The van der Waals surface area contributed by atoms with Crippen molar-refractivity contribution in [3.63, 3.8) is 0 Å². The van der Waals surface area contributed by atoms with Crippen molar-refractivity contribution in [2.75, 3.05) is 44.2 Å². The summed E-state index contributed by atoms with van der Waals surface area (Å²) in [6.45, 7) is 6.68. The molecule has 1 atom stereocenters. The van der Waals surface area contributed by atoms with E-state index in [1.54, 1.807) is 6.92 Å². The molecule has 0 radical (unpaired) electrons. The molecular formula is C14H23N3O2. The van der Waals surface area contributed by atoms with Crippen molar-refractivity contribution >= 4 is 5.69 Å². The van der Waals surface area contributed by atoms with Crippen LogP contribution in [0, 0.1) is 0 Å². The van der Waals surface area contributed by atoms with Gasteiger partial charge < -0.3 is 15.1 Å². The number of aliphatic hydroxyl groups is 2. The Labute approximate surface area is 114 Å². The predicted octanol–water partition coefficient (Wildman–Crippen LogP) is 0.639. The summed E-state index contributed by atoms with van der Waals surface area (Å²) < 4.78 is 0. The van der Waals surface area contributed by atoms with Gasteiger partial charge in [0.25, 0.3) is 0 Å². The van der Waals surface area contributed by atoms with Gasteiger partial charge in [-0.25, -0.2) is 0 Å². The second kappa shape index (κ2) is 6.84. The summed E-state index contributed by atoms with van der Waals surface area (Å²) in [5, 5.41) is 18.4. The quantitative estimate of drug-likeness (QED) is 0.836. The Hall–Kier alpha value is -1.17. The first-order valence-electron chi connectivity index (χ1n) is 6.93. The lowest BCUT2D eigenvalue weighted by Crippen LogP contribution is -2.32. The van der Waals surface area contributed by atoms with Gasteiger partial charge >= 0.3 is 0 Å². The number of pyridine rings is 1. The van der Waals surface area contributed by atoms with Crippen LogP contribution in [0.25, 0.3) is 0 Å². The van der Waals surface area contributed by atoms with Crippen molar-refractivity contribution < 1.29 is 10.2 Å². The van der Waals surface area contributed by atoms with Gasteiger partial charge in [-0.05, 0) is 32.0 Å². The first kappa shape index (κ1) is 14.2. The van der Waals surface area contributed by atoms with Crippen LogP contribution in [0.4, 0.5) is 5.69 Å². The van der Waals surface area contributed by atoms with Crippen molar-refractivity contribution in [1.29, 1.82) is 0 Å². The molecule has 1 aromatic heterocycles. The summed E-state index contributed by atoms with van der Waals surface area (Å²) >= 11 is 0. The molecule has 19 heavy (non-hydrogen) atoms. The van der Waals surface area contributed by atoms with E-state index in [-0.39, 0.29) is 6.61 Å². The molecule has 0 bridgehead atoms. The zero-order valence-electron chi connectivity index (χ0n) is 11.5. The highest BCUT2D eigenvalue weighted by atomic mass is 16.3. The molecule has 2 N–H and O–H groups in total. The highest BCUT2D eigenvalue weighted by Gasteiger charge is 2.15. The molecule has 5 nitrogen and oxygen atoms in total. The normalized spacial score (nSPS) is 19.2. The molecule has 0 spiro atoms. The maximum Gasteiger partial charge on any atom is 0.0931 e. The zero-order valence-corrected chi connectivity index (χ0v) is 11.5. The van der Waals surface area contributed by atoms with Gasteiger partial charge in [-0.3, -0.25) is 9.88 Å². The predicted molar refractivity (Wildman–Crippen MR) is 75.2 cm³/mol. The minimum absolute atomic E-state index is 0.227. The van der Waals surface area contributed by atoms with Crippen molar-refractivity contribution in [3.8, 4) is 0 Å². The Morgan fingerprint density at radius 3 is 2.74 bits per heavy atom. The minimum Gasteiger partial charge on any atom is -0.395 e. The number of hydrogen-bond donors (Lipinski definition) is 2. The molecule has 1 fully saturated rings. The first-order valence-corrected chi connectivity index (χ1v) is 6.93. The zero-order chi connectivity index (χ0) is 13.7. The van der Waals surface area contributed by atoms with E-state index in [2.05, 4.69) is 14.8 Å². The third kappa shape index (κ3) is 3.89. The van der Waals surface area contributed by atoms with Gasteiger partial charge in [0.15, 0.2) is 0 Å². The number of nitrogens with zero attached hydrogens (tertiary/aromatic N) is 3. The summed E-state index contributed by atoms with van der Waals surface area (Å²) in [6.07, 6.45) is 2.42. The SMILES string of the molecule is CC(O)c1ccc(N2CCCN(CCO)CC2)cn1. The van der Waals surface area contributed by atoms with E-state index < -0.39 is 6.10 Å². The summed E-state index contributed by atoms with van der Waals surface area (Å²) in [5.41, 5.74) is 1.82. The maximum atomic E-state index is 9.46. The van der Waals surface area contributed by atoms with Crippen LogP contribution in [0.5, 0.6) is 0 Å². The number of anilines is 1. The molecule has 0 amide bonds. The average Bonchev–Trinajstić information content (AvgIpc) is 2.65. The van der Waals surface area contributed by atoms with Gasteiger partial charge in [-0.1, -0.05) is 0 Å². The molecular weight excluding hydrogens is 242 g/mol. The van der Waals surface area contributed by atoms with Crippen LogP contribution in [0.15, 0.2) is 18.3 Å². The molecule has 1 aliphatic heterocycles. The standard InChI is InChI=1S/C14H23N3O2/c1-12(19)14-4-3-13(11-15-14)17-6-2-5-16(7-8-17)9-10-18/h3-4,11-12,18-19H,2,5-10H2,1H3. The molecule has 1 aliphatic rings. The molecule has 0 saturated carbocycles. The van der Waals surface area contributed by atoms with E-state index >= 15 is 0 Å². The Kier molecular flexibility index (Phi) is 5.13. The van der Waals surface area contributed by atoms with Gasteiger partial charge in [-0.15, -0.1) is 0 Å². The summed E-state index contributed by atoms with van der Waals surface area (Å²) in [7, 11) is 0. The van der Waals surface area contributed by atoms with E-state index in [1.807, 2.05) is 18.3 Å². The summed E-state index contributed by atoms with van der Waals surface area (Å²) in [4.78, 5) is 8.90. The molecule has 2 rings (SSSR count). The van der Waals surface area contributed by atoms with Crippen LogP contribution in [-0.4, -0.2) is 59.4 Å². The number of rotatable bonds is 4. The topological polar surface area (TPSA) is 59.8 Å². The van der Waals surface area contributed by atoms with E-state index in [4.69, 9.17) is 5.11 Å². The van der Waals surface area contributed by atoms with Gasteiger partial charge in [0.05, 0.1) is 30.3 Å². The monoisotopic (exact) mass is 265 g/mol. The second-order valence-electron chi connectivity index (χ2n) is 5.02. The van der Waals surface area contributed by atoms with E-state index in [9.17, 15) is 5.11 Å². The van der Waals surface area contributed by atoms with Gasteiger partial charge in [0.1, 0.15) is 0 Å². The smallest absolute Gasteiger partial charge is 0.0931 e. The van der Waals surface area contributed by atoms with Crippen molar-refractivity contribution in [3.05, 3.63) is 24.0 Å². The molecule has 1 aromatic rings. The maximum absolute atomic E-state index is 9.46. The average molecular weight is 265 g/mol. The lowest BCUT2D eigenvalue weighted by molar-refractivity contribution is 0.194. The van der Waals surface area contributed by atoms with Crippen LogP contribution in [0.2, 0.25) is 0 Å². The number of aromatic nitrogens is 1. The fourth-order valence-corrected chi connectivity index (χ4v) is 2.43. The number of hydrogen-bond acceptors (Lipinski definition) is 5. The van der Waals surface area contributed by atoms with E-state index in [1.165, 1.54) is 0 Å². The molecule has 2 heterocycles. The van der Waals surface area contributed by atoms with Crippen molar-refractivity contribution in [2.45, 2.75) is 19.4 Å². The van der Waals surface area contributed by atoms with Crippen LogP contribution in [0.3, 0.4) is 0 Å². The van der Waals surface area contributed by atoms with E-state index in [0.717, 1.165) is 44.8 Å². The molecule has 5 heteroatoms. The Morgan fingerprint density at radius 1 is 1.26 bits per heavy atom. The van der Waals surface area contributed by atoms with Crippen molar-refractivity contribution in [1.82, 2.24) is 9.88 Å². The third-order valence-electron chi connectivity index (χ3n) is 3.57. The minimum atomic E-state index is -0.516. The van der Waals surface area contributed by atoms with Gasteiger partial charge in [0, 0.05) is 26.2 Å². The number of β-amino-alcohol motifs (C(OH)–C–C–N with tert-alkyl or cyclic N) is 1. The van der Waals surface area contributed by atoms with Crippen LogP contribution in [0.1, 0.15) is 25.1 Å². The van der Waals surface area contributed by atoms with Crippen LogP contribution < -0.4 is 4.90 Å². The Bertz CT molecular complexity index is 381. The van der Waals surface area contributed by atoms with E-state index in [0.29, 0.717) is 5.69 Å². The fourth-order valence-electron chi connectivity index (χ4n) is 2.43. The van der Waals surface area contributed by atoms with Crippen molar-refractivity contribution in [2.24, 2.45) is 0 Å². The van der Waals surface area contributed by atoms with Gasteiger partial charge in [0.2, 0.25) is 0 Å². The van der Waals surface area contributed by atoms with Crippen LogP contribution in [-0.2, 0) is 0 Å². The Balaban J connectivity index is 1.97. The molecule has 106 valence electrons. The lowest BCUT2D eigenvalue weighted by atomic mass is 10.2. The lowest BCUT2D eigenvalue weighted by Gasteiger charge is -2.23. The highest BCUT2D eigenvalue weighted by Crippen LogP contribution is 2.18. The first-order chi connectivity index (χ1) is 9.20. The molecule has 0 aliphatic carbocycles. The second-order valence-corrected chi connectivity index (χ2v) is 5.02. The largest absolute Gasteiger partial charge is 0.395 e. The van der Waals surface area contributed by atoms with Crippen LogP contribution >= 0.6 is 0 Å². The fraction of sp³-hybridized carbons (Fsp3) is 0.643. The number of aliphatic hydroxyl groups excluding tert-OH is 2. The summed E-state index contributed by atoms with van der Waals surface area (Å²) in [6, 6.07) is 3.91. The third-order valence-corrected chi connectivity index (χ3v) is 3.57. The van der Waals surface area contributed by atoms with Gasteiger partial charge in [-0.2, -0.15) is 0 Å². The Morgan fingerprint density at radius 2 is 2.11 bits per heavy atom. The molecule has 1 saturated heterocycles.